The Morgan fingerprint density at radius 2 is 2.00 bits per heavy atom. The second-order valence-electron chi connectivity index (χ2n) is 7.16. The standard InChI is InChI=1S/C22H23N3O3S/c1-15(26)23-17-8-2-4-10-19(17)28-14-21(27)25-12-6-7-16(13-25)22-24-18-9-3-5-11-20(18)29-22/h2-5,8-11,16H,6-7,12-14H2,1H3,(H,23,26)/t16-/m1/s1. The SMILES string of the molecule is CC(=O)Nc1ccccc1OCC(=O)N1CCC[C@@H](c2nc3ccccc3s2)C1. The van der Waals surface area contributed by atoms with Crippen LogP contribution in [-0.2, 0) is 9.59 Å². The predicted octanol–water partition coefficient (Wildman–Crippen LogP) is 4.04. The number of para-hydroxylation sites is 3. The summed E-state index contributed by atoms with van der Waals surface area (Å²) in [5, 5.41) is 3.82. The third kappa shape index (κ3) is 4.56. The number of carbonyl (C=O) groups is 2. The van der Waals surface area contributed by atoms with Crippen LogP contribution in [0.2, 0.25) is 0 Å². The second-order valence-corrected chi connectivity index (χ2v) is 8.23. The molecule has 7 heteroatoms. The Kier molecular flexibility index (Phi) is 5.76. The summed E-state index contributed by atoms with van der Waals surface area (Å²) in [6, 6.07) is 15.3. The Balaban J connectivity index is 1.40. The van der Waals surface area contributed by atoms with Crippen molar-refractivity contribution in [2.75, 3.05) is 25.0 Å². The molecular formula is C22H23N3O3S. The summed E-state index contributed by atoms with van der Waals surface area (Å²) in [6.07, 6.45) is 1.99. The van der Waals surface area contributed by atoms with E-state index in [4.69, 9.17) is 9.72 Å². The number of aromatic nitrogens is 1. The van der Waals surface area contributed by atoms with Crippen LogP contribution in [0.4, 0.5) is 5.69 Å². The first-order chi connectivity index (χ1) is 14.1. The summed E-state index contributed by atoms with van der Waals surface area (Å²) in [5.74, 6) is 0.531. The minimum Gasteiger partial charge on any atom is -0.482 e. The van der Waals surface area contributed by atoms with Gasteiger partial charge in [0.15, 0.2) is 6.61 Å². The molecule has 2 aromatic carbocycles. The molecule has 4 rings (SSSR count). The maximum Gasteiger partial charge on any atom is 0.260 e. The maximum absolute atomic E-state index is 12.8. The maximum atomic E-state index is 12.8. The van der Waals surface area contributed by atoms with E-state index < -0.39 is 0 Å². The van der Waals surface area contributed by atoms with Gasteiger partial charge in [-0.05, 0) is 37.1 Å². The number of fused-ring (bicyclic) bond motifs is 1. The van der Waals surface area contributed by atoms with Gasteiger partial charge in [-0.15, -0.1) is 11.3 Å². The van der Waals surface area contributed by atoms with Crippen LogP contribution in [0.15, 0.2) is 48.5 Å². The van der Waals surface area contributed by atoms with Crippen LogP contribution in [0, 0.1) is 0 Å². The average molecular weight is 410 g/mol. The number of nitrogens with zero attached hydrogens (tertiary/aromatic N) is 2. The van der Waals surface area contributed by atoms with E-state index in [9.17, 15) is 9.59 Å². The van der Waals surface area contributed by atoms with Crippen molar-refractivity contribution in [2.24, 2.45) is 0 Å². The van der Waals surface area contributed by atoms with Crippen LogP contribution in [-0.4, -0.2) is 41.4 Å². The molecule has 1 saturated heterocycles. The van der Waals surface area contributed by atoms with Gasteiger partial charge >= 0.3 is 0 Å². The molecular weight excluding hydrogens is 386 g/mol. The zero-order valence-electron chi connectivity index (χ0n) is 16.3. The van der Waals surface area contributed by atoms with E-state index in [0.717, 1.165) is 29.9 Å². The Morgan fingerprint density at radius 3 is 2.83 bits per heavy atom. The third-order valence-corrected chi connectivity index (χ3v) is 6.18. The van der Waals surface area contributed by atoms with Gasteiger partial charge in [0.2, 0.25) is 5.91 Å². The van der Waals surface area contributed by atoms with Crippen LogP contribution in [0.1, 0.15) is 30.7 Å². The number of carbonyl (C=O) groups excluding carboxylic acids is 2. The molecule has 0 radical (unpaired) electrons. The van der Waals surface area contributed by atoms with Gasteiger partial charge in [0.1, 0.15) is 5.75 Å². The Morgan fingerprint density at radius 1 is 1.21 bits per heavy atom. The minimum atomic E-state index is -0.179. The van der Waals surface area contributed by atoms with Crippen LogP contribution in [0.25, 0.3) is 10.2 Å². The number of ether oxygens (including phenoxy) is 1. The minimum absolute atomic E-state index is 0.0477. The zero-order chi connectivity index (χ0) is 20.2. The monoisotopic (exact) mass is 409 g/mol. The van der Waals surface area contributed by atoms with Gasteiger partial charge in [-0.25, -0.2) is 4.98 Å². The number of rotatable bonds is 5. The largest absolute Gasteiger partial charge is 0.482 e. The summed E-state index contributed by atoms with van der Waals surface area (Å²) < 4.78 is 6.91. The van der Waals surface area contributed by atoms with E-state index in [-0.39, 0.29) is 24.3 Å². The quantitative estimate of drug-likeness (QED) is 0.690. The van der Waals surface area contributed by atoms with Gasteiger partial charge in [-0.1, -0.05) is 24.3 Å². The number of likely N-dealkylation sites (tertiary alicyclic amines) is 1. The molecule has 29 heavy (non-hydrogen) atoms. The normalized spacial score (nSPS) is 16.6. The van der Waals surface area contributed by atoms with Gasteiger partial charge in [0.25, 0.3) is 5.91 Å². The van der Waals surface area contributed by atoms with Crippen molar-refractivity contribution >= 4 is 39.1 Å². The number of nitrogens with one attached hydrogen (secondary N) is 1. The smallest absolute Gasteiger partial charge is 0.260 e. The lowest BCUT2D eigenvalue weighted by Crippen LogP contribution is -2.41. The zero-order valence-corrected chi connectivity index (χ0v) is 17.1. The summed E-state index contributed by atoms with van der Waals surface area (Å²) in [5.41, 5.74) is 1.59. The molecule has 1 aliphatic heterocycles. The fraction of sp³-hybridized carbons (Fsp3) is 0.318. The van der Waals surface area contributed by atoms with Gasteiger partial charge in [0, 0.05) is 25.9 Å². The van der Waals surface area contributed by atoms with E-state index in [0.29, 0.717) is 18.0 Å². The summed E-state index contributed by atoms with van der Waals surface area (Å²) in [6.45, 7) is 2.79. The first-order valence-corrected chi connectivity index (χ1v) is 10.5. The highest BCUT2D eigenvalue weighted by Crippen LogP contribution is 2.33. The molecule has 1 N–H and O–H groups in total. The molecule has 150 valence electrons. The lowest BCUT2D eigenvalue weighted by Gasteiger charge is -2.31. The first kappa shape index (κ1) is 19.4. The highest BCUT2D eigenvalue weighted by molar-refractivity contribution is 7.18. The number of thiazole rings is 1. The number of piperidine rings is 1. The molecule has 1 fully saturated rings. The van der Waals surface area contributed by atoms with E-state index in [2.05, 4.69) is 11.4 Å². The number of benzene rings is 2. The molecule has 0 bridgehead atoms. The fourth-order valence-electron chi connectivity index (χ4n) is 3.59. The molecule has 0 spiro atoms. The number of hydrogen-bond acceptors (Lipinski definition) is 5. The molecule has 2 heterocycles. The molecule has 1 aliphatic rings. The van der Waals surface area contributed by atoms with Crippen LogP contribution < -0.4 is 10.1 Å². The van der Waals surface area contributed by atoms with Crippen molar-refractivity contribution in [2.45, 2.75) is 25.7 Å². The predicted molar refractivity (Wildman–Crippen MR) is 114 cm³/mol. The summed E-state index contributed by atoms with van der Waals surface area (Å²) >= 11 is 1.71. The van der Waals surface area contributed by atoms with Crippen molar-refractivity contribution in [3.63, 3.8) is 0 Å². The molecule has 3 aromatic rings. The molecule has 0 unspecified atom stereocenters. The van der Waals surface area contributed by atoms with Gasteiger partial charge in [-0.2, -0.15) is 0 Å². The van der Waals surface area contributed by atoms with Crippen molar-refractivity contribution in [1.82, 2.24) is 9.88 Å². The van der Waals surface area contributed by atoms with Crippen molar-refractivity contribution < 1.29 is 14.3 Å². The number of anilines is 1. The number of amides is 2. The van der Waals surface area contributed by atoms with Gasteiger partial charge in [0.05, 0.1) is 20.9 Å². The van der Waals surface area contributed by atoms with Gasteiger partial charge < -0.3 is 15.0 Å². The van der Waals surface area contributed by atoms with E-state index >= 15 is 0 Å². The Bertz CT molecular complexity index is 1000. The van der Waals surface area contributed by atoms with Crippen molar-refractivity contribution in [1.29, 1.82) is 0 Å². The van der Waals surface area contributed by atoms with Crippen molar-refractivity contribution in [3.8, 4) is 5.75 Å². The molecule has 1 atom stereocenters. The highest BCUT2D eigenvalue weighted by atomic mass is 32.1. The Labute approximate surface area is 173 Å². The fourth-order valence-corrected chi connectivity index (χ4v) is 4.68. The lowest BCUT2D eigenvalue weighted by molar-refractivity contribution is -0.134. The Hall–Kier alpha value is -2.93. The van der Waals surface area contributed by atoms with Crippen molar-refractivity contribution in [3.05, 3.63) is 53.5 Å². The van der Waals surface area contributed by atoms with Crippen LogP contribution in [0.5, 0.6) is 5.75 Å². The molecule has 0 saturated carbocycles. The van der Waals surface area contributed by atoms with Gasteiger partial charge in [-0.3, -0.25) is 9.59 Å². The van der Waals surface area contributed by atoms with E-state index in [1.807, 2.05) is 35.2 Å². The summed E-state index contributed by atoms with van der Waals surface area (Å²) in [4.78, 5) is 30.7. The first-order valence-electron chi connectivity index (χ1n) is 9.73. The average Bonchev–Trinajstić information content (AvgIpc) is 3.17. The van der Waals surface area contributed by atoms with E-state index in [1.54, 1.807) is 23.5 Å². The van der Waals surface area contributed by atoms with Crippen LogP contribution in [0.3, 0.4) is 0 Å². The third-order valence-electron chi connectivity index (χ3n) is 4.98. The molecule has 1 aromatic heterocycles. The molecule has 6 nitrogen and oxygen atoms in total. The summed E-state index contributed by atoms with van der Waals surface area (Å²) in [7, 11) is 0. The van der Waals surface area contributed by atoms with E-state index in [1.165, 1.54) is 11.6 Å². The molecule has 0 aliphatic carbocycles. The molecule has 2 amide bonds. The second kappa shape index (κ2) is 8.61. The number of hydrogen-bond donors (Lipinski definition) is 1. The van der Waals surface area contributed by atoms with Crippen LogP contribution >= 0.6 is 11.3 Å². The topological polar surface area (TPSA) is 71.5 Å². The highest BCUT2D eigenvalue weighted by Gasteiger charge is 2.27. The lowest BCUT2D eigenvalue weighted by atomic mass is 9.99.